The number of nitrogens with two attached hydrogens (primary N) is 1. The van der Waals surface area contributed by atoms with Gasteiger partial charge >= 0.3 is 0 Å². The normalized spacial score (nSPS) is 17.1. The zero-order valence-corrected chi connectivity index (χ0v) is 12.7. The lowest BCUT2D eigenvalue weighted by atomic mass is 9.83. The molecule has 1 atom stereocenters. The van der Waals surface area contributed by atoms with Crippen LogP contribution in [0.5, 0.6) is 0 Å². The van der Waals surface area contributed by atoms with Gasteiger partial charge in [-0.05, 0) is 67.9 Å². The standard InChI is InChI=1S/C18H22N2O/c1-12-9-16(17(19)20-11-12)18(2,21)15-8-7-13-5-3-4-6-14(13)10-15/h7-11,21H,3-6H2,1-2H3,(H2,19,20). The van der Waals surface area contributed by atoms with Gasteiger partial charge in [-0.3, -0.25) is 0 Å². The molecule has 0 bridgehead atoms. The minimum atomic E-state index is -1.12. The fraction of sp³-hybridized carbons (Fsp3) is 0.389. The van der Waals surface area contributed by atoms with Crippen molar-refractivity contribution in [2.75, 3.05) is 5.73 Å². The van der Waals surface area contributed by atoms with Gasteiger partial charge in [-0.25, -0.2) is 4.98 Å². The quantitative estimate of drug-likeness (QED) is 0.889. The number of anilines is 1. The highest BCUT2D eigenvalue weighted by atomic mass is 16.3. The molecule has 1 heterocycles. The molecule has 0 fully saturated rings. The van der Waals surface area contributed by atoms with E-state index in [1.165, 1.54) is 24.0 Å². The Balaban J connectivity index is 2.07. The predicted octanol–water partition coefficient (Wildman–Crippen LogP) is 3.11. The van der Waals surface area contributed by atoms with Crippen LogP contribution in [0.1, 0.15) is 47.6 Å². The van der Waals surface area contributed by atoms with Gasteiger partial charge in [0.05, 0.1) is 0 Å². The summed E-state index contributed by atoms with van der Waals surface area (Å²) in [5, 5.41) is 11.0. The number of fused-ring (bicyclic) bond motifs is 1. The molecule has 3 rings (SSSR count). The Morgan fingerprint density at radius 1 is 1.14 bits per heavy atom. The molecule has 3 N–H and O–H groups in total. The van der Waals surface area contributed by atoms with Crippen molar-refractivity contribution in [1.82, 2.24) is 4.98 Å². The van der Waals surface area contributed by atoms with Gasteiger partial charge in [0.2, 0.25) is 0 Å². The number of nitrogen functional groups attached to an aromatic ring is 1. The lowest BCUT2D eigenvalue weighted by Crippen LogP contribution is -2.25. The summed E-state index contributed by atoms with van der Waals surface area (Å²) in [5.74, 6) is 0.392. The van der Waals surface area contributed by atoms with Gasteiger partial charge in [-0.15, -0.1) is 0 Å². The summed E-state index contributed by atoms with van der Waals surface area (Å²) in [6, 6.07) is 8.22. The first-order valence-corrected chi connectivity index (χ1v) is 7.56. The Morgan fingerprint density at radius 2 is 1.86 bits per heavy atom. The van der Waals surface area contributed by atoms with Crippen LogP contribution in [0.4, 0.5) is 5.82 Å². The van der Waals surface area contributed by atoms with Crippen molar-refractivity contribution in [2.24, 2.45) is 0 Å². The Kier molecular flexibility index (Phi) is 3.46. The molecular formula is C18H22N2O. The number of nitrogens with zero attached hydrogens (tertiary/aromatic N) is 1. The first-order valence-electron chi connectivity index (χ1n) is 7.56. The zero-order chi connectivity index (χ0) is 15.0. The van der Waals surface area contributed by atoms with E-state index in [-0.39, 0.29) is 0 Å². The highest BCUT2D eigenvalue weighted by Gasteiger charge is 2.29. The maximum atomic E-state index is 11.0. The van der Waals surface area contributed by atoms with E-state index in [0.29, 0.717) is 11.4 Å². The van der Waals surface area contributed by atoms with E-state index in [0.717, 1.165) is 24.0 Å². The molecule has 3 nitrogen and oxygen atoms in total. The molecule has 0 saturated carbocycles. The molecule has 0 aliphatic heterocycles. The van der Waals surface area contributed by atoms with Gasteiger partial charge in [0.1, 0.15) is 11.4 Å². The van der Waals surface area contributed by atoms with Gasteiger partial charge in [0.25, 0.3) is 0 Å². The van der Waals surface area contributed by atoms with Crippen molar-refractivity contribution in [3.05, 3.63) is 58.3 Å². The second kappa shape index (κ2) is 5.15. The van der Waals surface area contributed by atoms with Crippen molar-refractivity contribution in [2.45, 2.75) is 45.1 Å². The van der Waals surface area contributed by atoms with Gasteiger partial charge in [-0.1, -0.05) is 18.2 Å². The van der Waals surface area contributed by atoms with Crippen molar-refractivity contribution < 1.29 is 5.11 Å². The first-order chi connectivity index (χ1) is 9.98. The van der Waals surface area contributed by atoms with Gasteiger partial charge in [0.15, 0.2) is 0 Å². The molecule has 1 unspecified atom stereocenters. The summed E-state index contributed by atoms with van der Waals surface area (Å²) in [7, 11) is 0. The Bertz CT molecular complexity index is 677. The van der Waals surface area contributed by atoms with E-state index >= 15 is 0 Å². The van der Waals surface area contributed by atoms with E-state index < -0.39 is 5.60 Å². The molecule has 21 heavy (non-hydrogen) atoms. The maximum Gasteiger partial charge on any atom is 0.129 e. The number of rotatable bonds is 2. The molecule has 2 aromatic rings. The topological polar surface area (TPSA) is 59.1 Å². The van der Waals surface area contributed by atoms with Crippen LogP contribution in [0.2, 0.25) is 0 Å². The molecule has 1 aromatic heterocycles. The fourth-order valence-corrected chi connectivity index (χ4v) is 3.16. The Hall–Kier alpha value is -1.87. The first kappa shape index (κ1) is 14.1. The number of aromatic nitrogens is 1. The summed E-state index contributed by atoms with van der Waals surface area (Å²) >= 11 is 0. The van der Waals surface area contributed by atoms with E-state index in [4.69, 9.17) is 5.73 Å². The van der Waals surface area contributed by atoms with Gasteiger partial charge in [0, 0.05) is 11.8 Å². The molecule has 0 saturated heterocycles. The molecule has 3 heteroatoms. The third-order valence-electron chi connectivity index (χ3n) is 4.49. The van der Waals surface area contributed by atoms with Crippen molar-refractivity contribution in [3.63, 3.8) is 0 Å². The van der Waals surface area contributed by atoms with Crippen LogP contribution < -0.4 is 5.73 Å². The van der Waals surface area contributed by atoms with E-state index in [1.807, 2.05) is 19.1 Å². The van der Waals surface area contributed by atoms with Crippen molar-refractivity contribution >= 4 is 5.82 Å². The highest BCUT2D eigenvalue weighted by molar-refractivity contribution is 5.50. The fourth-order valence-electron chi connectivity index (χ4n) is 3.16. The number of hydrogen-bond acceptors (Lipinski definition) is 3. The number of benzene rings is 1. The summed E-state index contributed by atoms with van der Waals surface area (Å²) in [6.45, 7) is 3.75. The van der Waals surface area contributed by atoms with Crippen LogP contribution in [0.25, 0.3) is 0 Å². The second-order valence-corrected chi connectivity index (χ2v) is 6.21. The second-order valence-electron chi connectivity index (χ2n) is 6.21. The van der Waals surface area contributed by atoms with Crippen LogP contribution in [0.15, 0.2) is 30.5 Å². The molecule has 110 valence electrons. The number of hydrogen-bond donors (Lipinski definition) is 2. The Labute approximate surface area is 125 Å². The molecule has 0 spiro atoms. The zero-order valence-electron chi connectivity index (χ0n) is 12.7. The smallest absolute Gasteiger partial charge is 0.129 e. The number of pyridine rings is 1. The van der Waals surface area contributed by atoms with Crippen LogP contribution in [-0.2, 0) is 18.4 Å². The average molecular weight is 282 g/mol. The molecular weight excluding hydrogens is 260 g/mol. The van der Waals surface area contributed by atoms with Gasteiger partial charge in [-0.2, -0.15) is 0 Å². The largest absolute Gasteiger partial charge is 0.383 e. The Morgan fingerprint density at radius 3 is 2.62 bits per heavy atom. The minimum Gasteiger partial charge on any atom is -0.383 e. The predicted molar refractivity (Wildman–Crippen MR) is 85.1 cm³/mol. The van der Waals surface area contributed by atoms with Crippen molar-refractivity contribution in [3.8, 4) is 0 Å². The SMILES string of the molecule is Cc1cnc(N)c(C(C)(O)c2ccc3c(c2)CCCC3)c1. The molecule has 1 aliphatic carbocycles. The average Bonchev–Trinajstić information content (AvgIpc) is 2.49. The van der Waals surface area contributed by atoms with E-state index in [9.17, 15) is 5.11 Å². The minimum absolute atomic E-state index is 0.392. The summed E-state index contributed by atoms with van der Waals surface area (Å²) < 4.78 is 0. The molecule has 0 amide bonds. The summed E-state index contributed by atoms with van der Waals surface area (Å²) in [4.78, 5) is 4.18. The van der Waals surface area contributed by atoms with Crippen molar-refractivity contribution in [1.29, 1.82) is 0 Å². The van der Waals surface area contributed by atoms with Crippen LogP contribution in [-0.4, -0.2) is 10.1 Å². The van der Waals surface area contributed by atoms with Gasteiger partial charge < -0.3 is 10.8 Å². The van der Waals surface area contributed by atoms with E-state index in [1.54, 1.807) is 13.1 Å². The van der Waals surface area contributed by atoms with E-state index in [2.05, 4.69) is 17.1 Å². The molecule has 0 radical (unpaired) electrons. The number of aliphatic hydroxyl groups is 1. The highest BCUT2D eigenvalue weighted by Crippen LogP contribution is 2.34. The van der Waals surface area contributed by atoms with Crippen LogP contribution in [0.3, 0.4) is 0 Å². The third kappa shape index (κ3) is 2.54. The lowest BCUT2D eigenvalue weighted by Gasteiger charge is -2.27. The third-order valence-corrected chi connectivity index (χ3v) is 4.49. The summed E-state index contributed by atoms with van der Waals surface area (Å²) in [5.41, 5.74) is 10.2. The lowest BCUT2D eigenvalue weighted by molar-refractivity contribution is 0.102. The molecule has 1 aromatic carbocycles. The monoisotopic (exact) mass is 282 g/mol. The number of aryl methyl sites for hydroxylation is 3. The van der Waals surface area contributed by atoms with Crippen LogP contribution in [0, 0.1) is 6.92 Å². The summed E-state index contributed by atoms with van der Waals surface area (Å²) in [6.07, 6.45) is 6.46. The maximum absolute atomic E-state index is 11.0. The molecule has 1 aliphatic rings. The van der Waals surface area contributed by atoms with Crippen LogP contribution >= 0.6 is 0 Å².